The molecule has 1 amide bonds. The van der Waals surface area contributed by atoms with Gasteiger partial charge in [0, 0.05) is 23.6 Å². The van der Waals surface area contributed by atoms with Crippen molar-refractivity contribution in [1.29, 1.82) is 0 Å². The van der Waals surface area contributed by atoms with Gasteiger partial charge in [0.2, 0.25) is 0 Å². The quantitative estimate of drug-likeness (QED) is 0.630. The molecule has 2 aromatic carbocycles. The van der Waals surface area contributed by atoms with E-state index in [4.69, 9.17) is 30.2 Å². The third-order valence-corrected chi connectivity index (χ3v) is 4.34. The third-order valence-electron chi connectivity index (χ3n) is 4.04. The van der Waals surface area contributed by atoms with Crippen molar-refractivity contribution >= 4 is 34.2 Å². The Balaban J connectivity index is 1.76. The van der Waals surface area contributed by atoms with Crippen molar-refractivity contribution < 1.29 is 23.4 Å². The molecule has 0 radical (unpaired) electrons. The van der Waals surface area contributed by atoms with Crippen molar-refractivity contribution in [3.63, 3.8) is 0 Å². The lowest BCUT2D eigenvalue weighted by molar-refractivity contribution is -0.118. The number of carbonyl (C=O) groups excluding carboxylic acids is 1. The molecule has 146 valence electrons. The fourth-order valence-corrected chi connectivity index (χ4v) is 2.89. The minimum Gasteiger partial charge on any atom is -0.497 e. The molecule has 0 aliphatic carbocycles. The van der Waals surface area contributed by atoms with Crippen molar-refractivity contribution in [1.82, 2.24) is 0 Å². The molecule has 7 nitrogen and oxygen atoms in total. The minimum absolute atomic E-state index is 0.232. The van der Waals surface area contributed by atoms with Crippen molar-refractivity contribution in [2.75, 3.05) is 26.1 Å². The number of benzene rings is 2. The molecular weight excluding hydrogens is 386 g/mol. The van der Waals surface area contributed by atoms with E-state index in [9.17, 15) is 9.59 Å². The predicted octanol–water partition coefficient (Wildman–Crippen LogP) is 3.79. The highest BCUT2D eigenvalue weighted by Crippen LogP contribution is 2.31. The van der Waals surface area contributed by atoms with Gasteiger partial charge in [-0.2, -0.15) is 0 Å². The second-order valence-electron chi connectivity index (χ2n) is 5.93. The zero-order chi connectivity index (χ0) is 20.3. The van der Waals surface area contributed by atoms with Crippen molar-refractivity contribution in [3.05, 3.63) is 57.4 Å². The number of methoxy groups -OCH3 is 2. The molecule has 0 atom stereocenters. The Morgan fingerprint density at radius 1 is 1.11 bits per heavy atom. The Morgan fingerprint density at radius 3 is 2.61 bits per heavy atom. The van der Waals surface area contributed by atoms with Crippen LogP contribution >= 0.6 is 11.6 Å². The van der Waals surface area contributed by atoms with E-state index in [1.165, 1.54) is 26.4 Å². The Bertz CT molecular complexity index is 1090. The van der Waals surface area contributed by atoms with Crippen LogP contribution in [0.1, 0.15) is 5.56 Å². The SMILES string of the molecule is COc1ccc(OC)c(NC(=O)COc2cc3oc(=O)cc(C)c3cc2Cl)c1. The van der Waals surface area contributed by atoms with Gasteiger partial charge in [-0.25, -0.2) is 4.79 Å². The lowest BCUT2D eigenvalue weighted by atomic mass is 10.1. The average molecular weight is 404 g/mol. The maximum absolute atomic E-state index is 12.3. The summed E-state index contributed by atoms with van der Waals surface area (Å²) in [6.07, 6.45) is 0. The fraction of sp³-hybridized carbons (Fsp3) is 0.200. The molecule has 0 aliphatic rings. The van der Waals surface area contributed by atoms with Gasteiger partial charge < -0.3 is 23.9 Å². The molecule has 28 heavy (non-hydrogen) atoms. The minimum atomic E-state index is -0.471. The first kappa shape index (κ1) is 19.6. The summed E-state index contributed by atoms with van der Waals surface area (Å²) in [4.78, 5) is 23.8. The summed E-state index contributed by atoms with van der Waals surface area (Å²) in [6, 6.07) is 9.54. The molecule has 0 saturated heterocycles. The fourth-order valence-electron chi connectivity index (χ4n) is 2.67. The van der Waals surface area contributed by atoms with E-state index in [0.717, 1.165) is 5.56 Å². The van der Waals surface area contributed by atoms with E-state index in [0.29, 0.717) is 33.2 Å². The number of fused-ring (bicyclic) bond motifs is 1. The van der Waals surface area contributed by atoms with Gasteiger partial charge in [0.25, 0.3) is 5.91 Å². The monoisotopic (exact) mass is 403 g/mol. The van der Waals surface area contributed by atoms with Gasteiger partial charge in [-0.05, 0) is 30.7 Å². The number of ether oxygens (including phenoxy) is 3. The lowest BCUT2D eigenvalue weighted by Crippen LogP contribution is -2.20. The van der Waals surface area contributed by atoms with E-state index in [2.05, 4.69) is 5.32 Å². The summed E-state index contributed by atoms with van der Waals surface area (Å²) in [7, 11) is 3.02. The highest BCUT2D eigenvalue weighted by molar-refractivity contribution is 6.32. The molecule has 0 saturated carbocycles. The summed E-state index contributed by atoms with van der Waals surface area (Å²) in [5, 5.41) is 3.69. The summed E-state index contributed by atoms with van der Waals surface area (Å²) in [5.74, 6) is 0.860. The van der Waals surface area contributed by atoms with Crippen LogP contribution in [0.25, 0.3) is 11.0 Å². The number of hydrogen-bond donors (Lipinski definition) is 1. The predicted molar refractivity (Wildman–Crippen MR) is 106 cm³/mol. The first-order valence-electron chi connectivity index (χ1n) is 8.30. The number of halogens is 1. The zero-order valence-corrected chi connectivity index (χ0v) is 16.3. The first-order chi connectivity index (χ1) is 13.4. The third kappa shape index (κ3) is 4.20. The highest BCUT2D eigenvalue weighted by atomic mass is 35.5. The van der Waals surface area contributed by atoms with Crippen LogP contribution in [0.2, 0.25) is 5.02 Å². The Kier molecular flexibility index (Phi) is 5.75. The second kappa shape index (κ2) is 8.22. The zero-order valence-electron chi connectivity index (χ0n) is 15.5. The Labute approximate surface area is 165 Å². The normalized spacial score (nSPS) is 10.6. The van der Waals surface area contributed by atoms with Gasteiger partial charge >= 0.3 is 5.63 Å². The van der Waals surface area contributed by atoms with Gasteiger partial charge in [0.15, 0.2) is 6.61 Å². The van der Waals surface area contributed by atoms with Gasteiger partial charge in [0.1, 0.15) is 22.8 Å². The summed E-state index contributed by atoms with van der Waals surface area (Å²) in [6.45, 7) is 1.48. The van der Waals surface area contributed by atoms with Gasteiger partial charge in [0.05, 0.1) is 24.9 Å². The first-order valence-corrected chi connectivity index (χ1v) is 8.67. The number of rotatable bonds is 6. The summed E-state index contributed by atoms with van der Waals surface area (Å²) in [5.41, 5.74) is 1.05. The number of nitrogens with one attached hydrogen (secondary N) is 1. The average Bonchev–Trinajstić information content (AvgIpc) is 2.67. The molecule has 0 fully saturated rings. The maximum Gasteiger partial charge on any atom is 0.336 e. The Morgan fingerprint density at radius 2 is 1.89 bits per heavy atom. The van der Waals surface area contributed by atoms with Crippen LogP contribution in [0.4, 0.5) is 5.69 Å². The molecule has 1 heterocycles. The second-order valence-corrected chi connectivity index (χ2v) is 6.34. The van der Waals surface area contributed by atoms with Crippen LogP contribution in [0, 0.1) is 6.92 Å². The van der Waals surface area contributed by atoms with Crippen molar-refractivity contribution in [3.8, 4) is 17.2 Å². The van der Waals surface area contributed by atoms with Crippen LogP contribution in [0.3, 0.4) is 0 Å². The number of hydrogen-bond acceptors (Lipinski definition) is 6. The molecule has 0 aliphatic heterocycles. The van der Waals surface area contributed by atoms with Crippen molar-refractivity contribution in [2.24, 2.45) is 0 Å². The molecule has 3 rings (SSSR count). The molecule has 1 N–H and O–H groups in total. The molecular formula is C20H18ClNO6. The smallest absolute Gasteiger partial charge is 0.336 e. The highest BCUT2D eigenvalue weighted by Gasteiger charge is 2.13. The van der Waals surface area contributed by atoms with E-state index >= 15 is 0 Å². The van der Waals surface area contributed by atoms with Gasteiger partial charge in [-0.3, -0.25) is 4.79 Å². The summed E-state index contributed by atoms with van der Waals surface area (Å²) < 4.78 is 21.1. The van der Waals surface area contributed by atoms with E-state index < -0.39 is 11.5 Å². The number of carbonyl (C=O) groups is 1. The topological polar surface area (TPSA) is 87.0 Å². The molecule has 3 aromatic rings. The van der Waals surface area contributed by atoms with Crippen LogP contribution < -0.4 is 25.2 Å². The van der Waals surface area contributed by atoms with E-state index in [1.807, 2.05) is 0 Å². The number of amides is 1. The molecule has 0 unspecified atom stereocenters. The van der Waals surface area contributed by atoms with Gasteiger partial charge in [-0.15, -0.1) is 0 Å². The largest absolute Gasteiger partial charge is 0.497 e. The molecule has 8 heteroatoms. The molecule has 1 aromatic heterocycles. The van der Waals surface area contributed by atoms with Gasteiger partial charge in [-0.1, -0.05) is 11.6 Å². The lowest BCUT2D eigenvalue weighted by Gasteiger charge is -2.13. The van der Waals surface area contributed by atoms with E-state index in [-0.39, 0.29) is 12.4 Å². The Hall–Kier alpha value is -3.19. The van der Waals surface area contributed by atoms with Crippen LogP contribution in [0.5, 0.6) is 17.2 Å². The molecule has 0 bridgehead atoms. The summed E-state index contributed by atoms with van der Waals surface area (Å²) >= 11 is 6.23. The van der Waals surface area contributed by atoms with Crippen molar-refractivity contribution in [2.45, 2.75) is 6.92 Å². The number of aryl methyl sites for hydroxylation is 1. The van der Waals surface area contributed by atoms with Crippen LogP contribution in [-0.4, -0.2) is 26.7 Å². The maximum atomic E-state index is 12.3. The van der Waals surface area contributed by atoms with Crippen LogP contribution in [-0.2, 0) is 4.79 Å². The standard InChI is InChI=1S/C20H18ClNO6/c1-11-6-20(24)28-17-9-18(14(21)8-13(11)17)27-10-19(23)22-15-7-12(25-2)4-5-16(15)26-3/h4-9H,10H2,1-3H3,(H,22,23). The van der Waals surface area contributed by atoms with Crippen LogP contribution in [0.15, 0.2) is 45.6 Å². The number of anilines is 1. The molecule has 0 spiro atoms. The van der Waals surface area contributed by atoms with E-state index in [1.54, 1.807) is 31.2 Å².